The van der Waals surface area contributed by atoms with Gasteiger partial charge in [-0.15, -0.1) is 0 Å². The molecule has 0 aliphatic carbocycles. The molecule has 3 rings (SSSR count). The molecule has 3 aromatic heterocycles. The Balaban J connectivity index is 1.99. The third-order valence-electron chi connectivity index (χ3n) is 5.52. The standard InChI is InChI=1S/C26H27BClF2N5O4/c1-14-11-32-20(19-6-7-31-24(34-19)25(4,5)37)10-21(14)35(13-36)15(2)8-22(16(3)28)39-26(27,38)23-18(30)9-17(29)12-33-23/h6-13,37-38H,27H2,1-5H3/b15-8-,22-16-. The summed E-state index contributed by atoms with van der Waals surface area (Å²) in [7, 11) is 1.12. The Labute approximate surface area is 230 Å². The quantitative estimate of drug-likeness (QED) is 0.135. The van der Waals surface area contributed by atoms with E-state index in [0.717, 1.165) is 14.0 Å². The summed E-state index contributed by atoms with van der Waals surface area (Å²) in [6.45, 7) is 7.95. The minimum absolute atomic E-state index is 0.0790. The second-order valence-electron chi connectivity index (χ2n) is 9.41. The van der Waals surface area contributed by atoms with E-state index in [4.69, 9.17) is 16.3 Å². The zero-order valence-electron chi connectivity index (χ0n) is 22.2. The molecule has 204 valence electrons. The van der Waals surface area contributed by atoms with Gasteiger partial charge in [0.25, 0.3) is 0 Å². The third kappa shape index (κ3) is 7.02. The van der Waals surface area contributed by atoms with Crippen molar-refractivity contribution in [1.29, 1.82) is 0 Å². The predicted molar refractivity (Wildman–Crippen MR) is 144 cm³/mol. The van der Waals surface area contributed by atoms with Crippen LogP contribution in [0, 0.1) is 18.6 Å². The summed E-state index contributed by atoms with van der Waals surface area (Å²) in [4.78, 5) is 30.0. The van der Waals surface area contributed by atoms with Crippen LogP contribution < -0.4 is 4.90 Å². The van der Waals surface area contributed by atoms with E-state index in [9.17, 15) is 23.8 Å². The van der Waals surface area contributed by atoms with Gasteiger partial charge in [0, 0.05) is 30.2 Å². The zero-order valence-corrected chi connectivity index (χ0v) is 23.0. The fourth-order valence-electron chi connectivity index (χ4n) is 3.52. The van der Waals surface area contributed by atoms with E-state index >= 15 is 0 Å². The first-order valence-corrected chi connectivity index (χ1v) is 12.1. The van der Waals surface area contributed by atoms with Gasteiger partial charge in [-0.05, 0) is 52.3 Å². The Hall–Kier alpha value is -3.74. The van der Waals surface area contributed by atoms with Crippen molar-refractivity contribution in [3.05, 3.63) is 88.1 Å². The molecule has 1 amide bonds. The summed E-state index contributed by atoms with van der Waals surface area (Å²) in [5, 5.41) is 21.2. The number of aliphatic hydroxyl groups is 2. The van der Waals surface area contributed by atoms with E-state index in [2.05, 4.69) is 19.9 Å². The molecule has 9 nitrogen and oxygen atoms in total. The molecular weight excluding hydrogens is 531 g/mol. The molecule has 3 aromatic rings. The number of amides is 1. The number of pyridine rings is 2. The van der Waals surface area contributed by atoms with E-state index in [0.29, 0.717) is 40.8 Å². The molecule has 3 heterocycles. The second-order valence-corrected chi connectivity index (χ2v) is 9.98. The maximum atomic E-state index is 14.3. The Morgan fingerprint density at radius 2 is 1.82 bits per heavy atom. The van der Waals surface area contributed by atoms with Crippen molar-refractivity contribution in [3.63, 3.8) is 0 Å². The molecule has 0 saturated heterocycles. The third-order valence-corrected chi connectivity index (χ3v) is 5.71. The average Bonchev–Trinajstić information content (AvgIpc) is 2.84. The predicted octanol–water partition coefficient (Wildman–Crippen LogP) is 3.54. The van der Waals surface area contributed by atoms with Crippen molar-refractivity contribution in [3.8, 4) is 11.4 Å². The zero-order chi connectivity index (χ0) is 29.1. The van der Waals surface area contributed by atoms with Gasteiger partial charge in [-0.25, -0.2) is 23.7 Å². The minimum atomic E-state index is -2.32. The molecule has 2 N–H and O–H groups in total. The lowest BCUT2D eigenvalue weighted by Gasteiger charge is -2.27. The minimum Gasteiger partial charge on any atom is -0.464 e. The molecule has 0 aliphatic heterocycles. The van der Waals surface area contributed by atoms with E-state index in [1.165, 1.54) is 24.1 Å². The van der Waals surface area contributed by atoms with Crippen LogP contribution in [0.4, 0.5) is 14.5 Å². The smallest absolute Gasteiger partial charge is 0.218 e. The molecule has 1 unspecified atom stereocenters. The van der Waals surface area contributed by atoms with Crippen molar-refractivity contribution in [2.75, 3.05) is 4.90 Å². The Morgan fingerprint density at radius 1 is 1.13 bits per heavy atom. The first kappa shape index (κ1) is 29.8. The van der Waals surface area contributed by atoms with Crippen molar-refractivity contribution in [2.24, 2.45) is 0 Å². The van der Waals surface area contributed by atoms with E-state index < -0.39 is 28.6 Å². The number of nitrogens with zero attached hydrogens (tertiary/aromatic N) is 5. The SMILES string of the molecule is BC(O)(OC(/C=C(/C)N(C=O)c1cc(-c2ccnc(C(C)(C)O)n2)ncc1C)=C(/C)Cl)c1ncc(F)cc1F. The Kier molecular flexibility index (Phi) is 8.84. The molecule has 0 saturated carbocycles. The van der Waals surface area contributed by atoms with Crippen LogP contribution in [0.2, 0.25) is 0 Å². The van der Waals surface area contributed by atoms with Crippen LogP contribution in [-0.4, -0.2) is 44.4 Å². The van der Waals surface area contributed by atoms with Gasteiger partial charge in [-0.1, -0.05) is 11.6 Å². The number of halogens is 3. The van der Waals surface area contributed by atoms with E-state index in [1.807, 2.05) is 0 Å². The lowest BCUT2D eigenvalue weighted by atomic mass is 9.90. The molecule has 0 fully saturated rings. The largest absolute Gasteiger partial charge is 0.464 e. The van der Waals surface area contributed by atoms with Crippen LogP contribution in [-0.2, 0) is 20.8 Å². The van der Waals surface area contributed by atoms with Crippen molar-refractivity contribution < 1.29 is 28.5 Å². The molecular formula is C26H27BClF2N5O4. The highest BCUT2D eigenvalue weighted by atomic mass is 35.5. The Bertz CT molecular complexity index is 1460. The first-order chi connectivity index (χ1) is 18.1. The van der Waals surface area contributed by atoms with Gasteiger partial charge in [-0.3, -0.25) is 14.7 Å². The maximum Gasteiger partial charge on any atom is 0.218 e. The number of rotatable bonds is 9. The highest BCUT2D eigenvalue weighted by molar-refractivity contribution is 6.29. The number of aromatic nitrogens is 4. The number of anilines is 1. The fraction of sp³-hybridized carbons (Fsp3) is 0.269. The lowest BCUT2D eigenvalue weighted by molar-refractivity contribution is -0.115. The number of allylic oxidation sites excluding steroid dienone is 3. The first-order valence-electron chi connectivity index (χ1n) is 11.7. The van der Waals surface area contributed by atoms with Crippen molar-refractivity contribution in [2.45, 2.75) is 45.9 Å². The number of carbonyl (C=O) groups is 1. The van der Waals surface area contributed by atoms with Crippen LogP contribution >= 0.6 is 11.6 Å². The molecule has 1 atom stereocenters. The number of hydrogen-bond donors (Lipinski definition) is 2. The summed E-state index contributed by atoms with van der Waals surface area (Å²) in [6.07, 6.45) is 5.76. The number of ether oxygens (including phenoxy) is 1. The molecule has 13 heteroatoms. The monoisotopic (exact) mass is 557 g/mol. The van der Waals surface area contributed by atoms with Gasteiger partial charge in [0.1, 0.15) is 22.9 Å². The molecule has 0 aliphatic rings. The number of aryl methyl sites for hydroxylation is 1. The van der Waals surface area contributed by atoms with Gasteiger partial charge in [0.15, 0.2) is 11.6 Å². The van der Waals surface area contributed by atoms with Crippen LogP contribution in [0.1, 0.15) is 44.8 Å². The normalized spacial score (nSPS) is 14.4. The average molecular weight is 558 g/mol. The Morgan fingerprint density at radius 3 is 2.41 bits per heavy atom. The van der Waals surface area contributed by atoms with E-state index in [1.54, 1.807) is 46.0 Å². The van der Waals surface area contributed by atoms with Crippen molar-refractivity contribution >= 4 is 31.5 Å². The van der Waals surface area contributed by atoms with Gasteiger partial charge in [0.2, 0.25) is 19.9 Å². The van der Waals surface area contributed by atoms with E-state index in [-0.39, 0.29) is 16.6 Å². The summed E-state index contributed by atoms with van der Waals surface area (Å²) in [5.41, 5.74) is -1.87. The highest BCUT2D eigenvalue weighted by Gasteiger charge is 2.32. The molecule has 0 spiro atoms. The van der Waals surface area contributed by atoms with Gasteiger partial charge in [-0.2, -0.15) is 0 Å². The van der Waals surface area contributed by atoms with Gasteiger partial charge >= 0.3 is 0 Å². The van der Waals surface area contributed by atoms with Crippen molar-refractivity contribution in [1.82, 2.24) is 19.9 Å². The molecule has 0 bridgehead atoms. The highest BCUT2D eigenvalue weighted by Crippen LogP contribution is 2.30. The molecule has 0 radical (unpaired) electrons. The maximum absolute atomic E-state index is 14.3. The summed E-state index contributed by atoms with van der Waals surface area (Å²) < 4.78 is 33.2. The summed E-state index contributed by atoms with van der Waals surface area (Å²) in [5.74, 6) is -1.91. The topological polar surface area (TPSA) is 122 Å². The molecule has 0 aromatic carbocycles. The fourth-order valence-corrected chi connectivity index (χ4v) is 3.61. The van der Waals surface area contributed by atoms with Crippen LogP contribution in [0.15, 0.2) is 59.4 Å². The van der Waals surface area contributed by atoms with Gasteiger partial charge < -0.3 is 14.9 Å². The number of carbonyl (C=O) groups excluding carboxylic acids is 1. The molecule has 39 heavy (non-hydrogen) atoms. The summed E-state index contributed by atoms with van der Waals surface area (Å²) >= 11 is 6.20. The van der Waals surface area contributed by atoms with Crippen LogP contribution in [0.3, 0.4) is 0 Å². The number of hydrogen-bond acceptors (Lipinski definition) is 8. The van der Waals surface area contributed by atoms with Crippen LogP contribution in [0.25, 0.3) is 11.4 Å². The van der Waals surface area contributed by atoms with Gasteiger partial charge in [0.05, 0.1) is 28.3 Å². The van der Waals surface area contributed by atoms with Crippen LogP contribution in [0.5, 0.6) is 0 Å². The lowest BCUT2D eigenvalue weighted by Crippen LogP contribution is -2.32. The second kappa shape index (κ2) is 11.6. The summed E-state index contributed by atoms with van der Waals surface area (Å²) in [6, 6.07) is 3.84.